The average Bonchev–Trinajstić information content (AvgIpc) is 2.82. The van der Waals surface area contributed by atoms with Crippen molar-refractivity contribution in [1.29, 1.82) is 5.26 Å². The maximum Gasteiger partial charge on any atom is 0.252 e. The number of oxazole rings is 1. The molecule has 0 aliphatic rings. The number of benzene rings is 1. The van der Waals surface area contributed by atoms with E-state index in [1.165, 1.54) is 0 Å². The van der Waals surface area contributed by atoms with Gasteiger partial charge in [-0.15, -0.1) is 0 Å². The van der Waals surface area contributed by atoms with Gasteiger partial charge in [-0.3, -0.25) is 0 Å². The minimum Gasteiger partial charge on any atom is -0.508 e. The molecule has 0 bridgehead atoms. The van der Waals surface area contributed by atoms with Crippen LogP contribution >= 0.6 is 0 Å². The van der Waals surface area contributed by atoms with Crippen molar-refractivity contribution < 1.29 is 9.52 Å². The van der Waals surface area contributed by atoms with E-state index in [1.807, 2.05) is 19.9 Å². The molecule has 2 N–H and O–H groups in total. The number of hydrazone groups is 1. The zero-order valence-corrected chi connectivity index (χ0v) is 11.9. The standard InChI is InChI=1S/C15H16N4O2/c1-10(2)7-14-18-13(8-16)15(21-14)19-17-9-11-3-5-12(20)6-4-11/h3-6,9-10,19-20H,7H2,1-2H3/b17-9-. The molecule has 0 saturated heterocycles. The van der Waals surface area contributed by atoms with Crippen LogP contribution in [0.3, 0.4) is 0 Å². The van der Waals surface area contributed by atoms with Crippen molar-refractivity contribution in [3.8, 4) is 11.8 Å². The number of phenols is 1. The van der Waals surface area contributed by atoms with Gasteiger partial charge in [-0.25, -0.2) is 10.4 Å². The zero-order valence-electron chi connectivity index (χ0n) is 11.9. The fourth-order valence-electron chi connectivity index (χ4n) is 1.68. The molecule has 0 aliphatic carbocycles. The van der Waals surface area contributed by atoms with Crippen molar-refractivity contribution in [3.63, 3.8) is 0 Å². The molecule has 108 valence electrons. The summed E-state index contributed by atoms with van der Waals surface area (Å²) in [5.74, 6) is 1.34. The minimum absolute atomic E-state index is 0.188. The monoisotopic (exact) mass is 284 g/mol. The van der Waals surface area contributed by atoms with Crippen LogP contribution in [-0.2, 0) is 6.42 Å². The summed E-state index contributed by atoms with van der Waals surface area (Å²) < 4.78 is 5.48. The third kappa shape index (κ3) is 4.08. The van der Waals surface area contributed by atoms with E-state index in [2.05, 4.69) is 15.5 Å². The van der Waals surface area contributed by atoms with E-state index >= 15 is 0 Å². The molecule has 1 heterocycles. The quantitative estimate of drug-likeness (QED) is 0.650. The van der Waals surface area contributed by atoms with Crippen LogP contribution in [0.2, 0.25) is 0 Å². The summed E-state index contributed by atoms with van der Waals surface area (Å²) in [7, 11) is 0. The summed E-state index contributed by atoms with van der Waals surface area (Å²) in [4.78, 5) is 4.11. The van der Waals surface area contributed by atoms with Gasteiger partial charge < -0.3 is 9.52 Å². The normalized spacial score (nSPS) is 11.0. The van der Waals surface area contributed by atoms with Gasteiger partial charge in [0, 0.05) is 6.42 Å². The summed E-state index contributed by atoms with van der Waals surface area (Å²) >= 11 is 0. The summed E-state index contributed by atoms with van der Waals surface area (Å²) in [6.07, 6.45) is 2.23. The first-order chi connectivity index (χ1) is 10.1. The molecular formula is C15H16N4O2. The van der Waals surface area contributed by atoms with Gasteiger partial charge in [0.25, 0.3) is 5.88 Å². The summed E-state index contributed by atoms with van der Waals surface area (Å²) in [6, 6.07) is 8.54. The molecule has 6 nitrogen and oxygen atoms in total. The first-order valence-electron chi connectivity index (χ1n) is 6.56. The topological polar surface area (TPSA) is 94.4 Å². The number of hydrogen-bond acceptors (Lipinski definition) is 6. The van der Waals surface area contributed by atoms with E-state index in [4.69, 9.17) is 9.68 Å². The van der Waals surface area contributed by atoms with Crippen LogP contribution in [0.1, 0.15) is 31.0 Å². The van der Waals surface area contributed by atoms with Gasteiger partial charge in [-0.05, 0) is 35.7 Å². The summed E-state index contributed by atoms with van der Waals surface area (Å²) in [6.45, 7) is 4.10. The predicted molar refractivity (Wildman–Crippen MR) is 79.1 cm³/mol. The number of phenolic OH excluding ortho intramolecular Hbond substituents is 1. The molecule has 1 aromatic carbocycles. The number of aromatic nitrogens is 1. The van der Waals surface area contributed by atoms with Crippen LogP contribution in [-0.4, -0.2) is 16.3 Å². The zero-order chi connectivity index (χ0) is 15.2. The Bertz CT molecular complexity index is 666. The van der Waals surface area contributed by atoms with Crippen LogP contribution < -0.4 is 5.43 Å². The molecular weight excluding hydrogens is 268 g/mol. The van der Waals surface area contributed by atoms with Gasteiger partial charge in [0.2, 0.25) is 5.69 Å². The predicted octanol–water partition coefficient (Wildman–Crippen LogP) is 2.90. The Morgan fingerprint density at radius 1 is 1.43 bits per heavy atom. The summed E-state index contributed by atoms with van der Waals surface area (Å²) in [5, 5.41) is 22.2. The molecule has 2 aromatic rings. The lowest BCUT2D eigenvalue weighted by atomic mass is 10.1. The van der Waals surface area contributed by atoms with Crippen LogP contribution in [0.4, 0.5) is 5.88 Å². The molecule has 0 saturated carbocycles. The maximum absolute atomic E-state index is 9.18. The molecule has 1 aromatic heterocycles. The van der Waals surface area contributed by atoms with Gasteiger partial charge in [-0.2, -0.15) is 10.4 Å². The smallest absolute Gasteiger partial charge is 0.252 e. The Hall–Kier alpha value is -2.81. The number of anilines is 1. The molecule has 0 spiro atoms. The van der Waals surface area contributed by atoms with Crippen LogP contribution in [0.5, 0.6) is 5.75 Å². The largest absolute Gasteiger partial charge is 0.508 e. The molecule has 0 fully saturated rings. The Kier molecular flexibility index (Phi) is 4.57. The Labute approximate surface area is 122 Å². The van der Waals surface area contributed by atoms with E-state index < -0.39 is 0 Å². The first kappa shape index (κ1) is 14.6. The molecule has 0 aliphatic heterocycles. The van der Waals surface area contributed by atoms with Crippen LogP contribution in [0, 0.1) is 17.2 Å². The first-order valence-corrected chi connectivity index (χ1v) is 6.56. The highest BCUT2D eigenvalue weighted by Crippen LogP contribution is 2.18. The third-order valence-corrected chi connectivity index (χ3v) is 2.63. The van der Waals surface area contributed by atoms with Gasteiger partial charge in [0.05, 0.1) is 6.21 Å². The lowest BCUT2D eigenvalue weighted by Gasteiger charge is -1.98. The Morgan fingerprint density at radius 2 is 2.14 bits per heavy atom. The van der Waals surface area contributed by atoms with Gasteiger partial charge in [-0.1, -0.05) is 13.8 Å². The maximum atomic E-state index is 9.18. The second-order valence-electron chi connectivity index (χ2n) is 4.96. The highest BCUT2D eigenvalue weighted by molar-refractivity contribution is 5.80. The van der Waals surface area contributed by atoms with Crippen molar-refractivity contribution >= 4 is 12.1 Å². The highest BCUT2D eigenvalue weighted by atomic mass is 16.4. The van der Waals surface area contributed by atoms with E-state index in [9.17, 15) is 5.11 Å². The average molecular weight is 284 g/mol. The third-order valence-electron chi connectivity index (χ3n) is 2.63. The second-order valence-corrected chi connectivity index (χ2v) is 4.96. The van der Waals surface area contributed by atoms with E-state index in [0.717, 1.165) is 5.56 Å². The summed E-state index contributed by atoms with van der Waals surface area (Å²) in [5.41, 5.74) is 3.67. The van der Waals surface area contributed by atoms with Crippen molar-refractivity contribution in [2.75, 3.05) is 5.43 Å². The van der Waals surface area contributed by atoms with Crippen molar-refractivity contribution in [2.45, 2.75) is 20.3 Å². The number of nitriles is 1. The lowest BCUT2D eigenvalue weighted by molar-refractivity contribution is 0.466. The number of rotatable bonds is 5. The minimum atomic E-state index is 0.188. The number of nitrogens with one attached hydrogen (secondary N) is 1. The molecule has 0 amide bonds. The Balaban J connectivity index is 2.07. The SMILES string of the molecule is CC(C)Cc1nc(C#N)c(N/N=C\c2ccc(O)cc2)o1. The number of hydrogen-bond donors (Lipinski definition) is 2. The molecule has 0 atom stereocenters. The van der Waals surface area contributed by atoms with Crippen LogP contribution in [0.25, 0.3) is 0 Å². The fraction of sp³-hybridized carbons (Fsp3) is 0.267. The van der Waals surface area contributed by atoms with E-state index in [0.29, 0.717) is 18.2 Å². The van der Waals surface area contributed by atoms with Gasteiger partial charge in [0.1, 0.15) is 11.8 Å². The second kappa shape index (κ2) is 6.57. The highest BCUT2D eigenvalue weighted by Gasteiger charge is 2.13. The van der Waals surface area contributed by atoms with E-state index in [-0.39, 0.29) is 17.3 Å². The van der Waals surface area contributed by atoms with Gasteiger partial charge >= 0.3 is 0 Å². The van der Waals surface area contributed by atoms with Crippen molar-refractivity contribution in [2.24, 2.45) is 11.0 Å². The van der Waals surface area contributed by atoms with E-state index in [1.54, 1.807) is 30.5 Å². The lowest BCUT2D eigenvalue weighted by Crippen LogP contribution is -1.93. The molecule has 21 heavy (non-hydrogen) atoms. The van der Waals surface area contributed by atoms with Crippen molar-refractivity contribution in [1.82, 2.24) is 4.98 Å². The van der Waals surface area contributed by atoms with Crippen molar-refractivity contribution in [3.05, 3.63) is 41.4 Å². The number of nitrogens with zero attached hydrogens (tertiary/aromatic N) is 3. The molecule has 2 rings (SSSR count). The van der Waals surface area contributed by atoms with Crippen LogP contribution in [0.15, 0.2) is 33.8 Å². The fourth-order valence-corrected chi connectivity index (χ4v) is 1.68. The molecule has 0 unspecified atom stereocenters. The van der Waals surface area contributed by atoms with Gasteiger partial charge in [0.15, 0.2) is 5.89 Å². The molecule has 0 radical (unpaired) electrons. The Morgan fingerprint density at radius 3 is 2.76 bits per heavy atom. The molecule has 6 heteroatoms. The number of aromatic hydroxyl groups is 1.